The van der Waals surface area contributed by atoms with E-state index in [1.54, 1.807) is 0 Å². The van der Waals surface area contributed by atoms with Crippen LogP contribution in [0.2, 0.25) is 0 Å². The predicted molar refractivity (Wildman–Crippen MR) is 115 cm³/mol. The molecule has 1 atom stereocenters. The molecule has 0 saturated carbocycles. The lowest BCUT2D eigenvalue weighted by Gasteiger charge is -2.26. The van der Waals surface area contributed by atoms with Gasteiger partial charge in [-0.15, -0.1) is 0 Å². The van der Waals surface area contributed by atoms with E-state index in [1.807, 2.05) is 30.6 Å². The van der Waals surface area contributed by atoms with Crippen LogP contribution in [0.5, 0.6) is 0 Å². The zero-order valence-electron chi connectivity index (χ0n) is 14.9. The van der Waals surface area contributed by atoms with Gasteiger partial charge in [-0.25, -0.2) is 0 Å². The zero-order valence-corrected chi connectivity index (χ0v) is 15.7. The average Bonchev–Trinajstić information content (AvgIpc) is 3.04. The number of fused-ring (bicyclic) bond motifs is 4. The smallest absolute Gasteiger partial charge is 0.178 e. The topological polar surface area (TPSA) is 41.0 Å². The summed E-state index contributed by atoms with van der Waals surface area (Å²) < 4.78 is 0. The number of nitrogens with zero attached hydrogens (tertiary/aromatic N) is 3. The molecule has 1 aliphatic rings. The molecule has 3 heterocycles. The highest BCUT2D eigenvalue weighted by atomic mass is 32.1. The number of aromatic nitrogens is 2. The molecule has 0 spiro atoms. The number of anilines is 2. The minimum Gasteiger partial charge on any atom is -0.330 e. The van der Waals surface area contributed by atoms with Gasteiger partial charge in [0, 0.05) is 34.9 Å². The standard InChI is InChI=1S/C22H18N4S/c1-14-12-15-6-2-3-9-20(15)26(14)22(27)25-19-13-18-16(7-4-10-23-18)17-8-5-11-24-21(17)19/h2-11,13-14H,12H2,1H3,(H,25,27)/t14-/m1/s1. The maximum atomic E-state index is 5.80. The van der Waals surface area contributed by atoms with E-state index >= 15 is 0 Å². The molecule has 5 heteroatoms. The quantitative estimate of drug-likeness (QED) is 0.380. The second-order valence-corrected chi connectivity index (χ2v) is 7.26. The van der Waals surface area contributed by atoms with Gasteiger partial charge in [0.15, 0.2) is 5.11 Å². The number of nitrogens with one attached hydrogen (secondary N) is 1. The highest BCUT2D eigenvalue weighted by Crippen LogP contribution is 2.34. The molecule has 0 saturated heterocycles. The van der Waals surface area contributed by atoms with E-state index in [-0.39, 0.29) is 0 Å². The lowest BCUT2D eigenvalue weighted by atomic mass is 10.1. The predicted octanol–water partition coefficient (Wildman–Crippen LogP) is 4.93. The van der Waals surface area contributed by atoms with Gasteiger partial charge in [-0.05, 0) is 55.4 Å². The third-order valence-electron chi connectivity index (χ3n) is 5.14. The Morgan fingerprint density at radius 2 is 1.81 bits per heavy atom. The van der Waals surface area contributed by atoms with Gasteiger partial charge in [0.2, 0.25) is 0 Å². The van der Waals surface area contributed by atoms with Crippen LogP contribution in [0.25, 0.3) is 21.8 Å². The summed E-state index contributed by atoms with van der Waals surface area (Å²) in [7, 11) is 0. The van der Waals surface area contributed by atoms with Crippen molar-refractivity contribution in [3.63, 3.8) is 0 Å². The van der Waals surface area contributed by atoms with Crippen molar-refractivity contribution >= 4 is 50.5 Å². The van der Waals surface area contributed by atoms with Gasteiger partial charge in [0.1, 0.15) is 0 Å². The highest BCUT2D eigenvalue weighted by Gasteiger charge is 2.28. The second-order valence-electron chi connectivity index (χ2n) is 6.88. The molecular weight excluding hydrogens is 352 g/mol. The first kappa shape index (κ1) is 16.1. The number of rotatable bonds is 1. The number of para-hydroxylation sites is 1. The van der Waals surface area contributed by atoms with Crippen molar-refractivity contribution in [2.75, 3.05) is 10.2 Å². The SMILES string of the molecule is C[C@@H]1Cc2ccccc2N1C(=S)Nc1cc2ncccc2c2cccnc12. The number of hydrogen-bond acceptors (Lipinski definition) is 3. The molecular formula is C22H18N4S. The average molecular weight is 370 g/mol. The van der Waals surface area contributed by atoms with E-state index in [0.717, 1.165) is 33.9 Å². The molecule has 0 fully saturated rings. The first-order valence-electron chi connectivity index (χ1n) is 9.03. The Morgan fingerprint density at radius 1 is 1.04 bits per heavy atom. The van der Waals surface area contributed by atoms with Crippen LogP contribution in [-0.2, 0) is 6.42 Å². The van der Waals surface area contributed by atoms with Crippen molar-refractivity contribution in [1.82, 2.24) is 9.97 Å². The van der Waals surface area contributed by atoms with Gasteiger partial charge in [0.25, 0.3) is 0 Å². The van der Waals surface area contributed by atoms with Crippen LogP contribution in [0.4, 0.5) is 11.4 Å². The van der Waals surface area contributed by atoms with Crippen molar-refractivity contribution < 1.29 is 0 Å². The van der Waals surface area contributed by atoms with Crippen LogP contribution >= 0.6 is 12.2 Å². The Kier molecular flexibility index (Phi) is 3.76. The first-order valence-corrected chi connectivity index (χ1v) is 9.44. The summed E-state index contributed by atoms with van der Waals surface area (Å²) in [6, 6.07) is 18.9. The summed E-state index contributed by atoms with van der Waals surface area (Å²) in [6.45, 7) is 2.20. The molecule has 0 amide bonds. The Bertz CT molecular complexity index is 1190. The van der Waals surface area contributed by atoms with Crippen LogP contribution in [0.1, 0.15) is 12.5 Å². The molecule has 0 aliphatic carbocycles. The summed E-state index contributed by atoms with van der Waals surface area (Å²) in [4.78, 5) is 11.3. The van der Waals surface area contributed by atoms with Crippen LogP contribution in [0, 0.1) is 0 Å². The van der Waals surface area contributed by atoms with Gasteiger partial charge < -0.3 is 10.2 Å². The lowest BCUT2D eigenvalue weighted by molar-refractivity contribution is 0.776. The largest absolute Gasteiger partial charge is 0.330 e. The summed E-state index contributed by atoms with van der Waals surface area (Å²) in [6.07, 6.45) is 4.62. The van der Waals surface area contributed by atoms with Gasteiger partial charge in [-0.2, -0.15) is 0 Å². The van der Waals surface area contributed by atoms with E-state index in [0.29, 0.717) is 11.2 Å². The molecule has 4 aromatic rings. The summed E-state index contributed by atoms with van der Waals surface area (Å²) >= 11 is 5.80. The third-order valence-corrected chi connectivity index (χ3v) is 5.44. The monoisotopic (exact) mass is 370 g/mol. The first-order chi connectivity index (χ1) is 13.2. The molecule has 1 N–H and O–H groups in total. The third kappa shape index (κ3) is 2.62. The van der Waals surface area contributed by atoms with E-state index in [2.05, 4.69) is 63.5 Å². The Morgan fingerprint density at radius 3 is 2.70 bits per heavy atom. The molecule has 2 aromatic heterocycles. The zero-order chi connectivity index (χ0) is 18.4. The number of pyridine rings is 2. The summed E-state index contributed by atoms with van der Waals surface area (Å²) in [5.74, 6) is 0. The minimum atomic E-state index is 0.320. The molecule has 4 nitrogen and oxygen atoms in total. The van der Waals surface area contributed by atoms with Crippen molar-refractivity contribution in [3.8, 4) is 0 Å². The molecule has 27 heavy (non-hydrogen) atoms. The number of thiocarbonyl (C=S) groups is 1. The van der Waals surface area contributed by atoms with Crippen molar-refractivity contribution in [1.29, 1.82) is 0 Å². The van der Waals surface area contributed by atoms with Crippen LogP contribution in [0.15, 0.2) is 67.0 Å². The Hall–Kier alpha value is -3.05. The Labute approximate surface area is 162 Å². The summed E-state index contributed by atoms with van der Waals surface area (Å²) in [5, 5.41) is 6.30. The fourth-order valence-corrected chi connectivity index (χ4v) is 4.34. The van der Waals surface area contributed by atoms with Gasteiger partial charge in [0.05, 0.1) is 16.7 Å². The van der Waals surface area contributed by atoms with Crippen molar-refractivity contribution in [2.45, 2.75) is 19.4 Å². The number of benzene rings is 2. The van der Waals surface area contributed by atoms with Gasteiger partial charge in [-0.1, -0.05) is 30.3 Å². The maximum absolute atomic E-state index is 5.80. The minimum absolute atomic E-state index is 0.320. The van der Waals surface area contributed by atoms with Crippen LogP contribution in [0.3, 0.4) is 0 Å². The highest BCUT2D eigenvalue weighted by molar-refractivity contribution is 7.80. The van der Waals surface area contributed by atoms with E-state index < -0.39 is 0 Å². The molecule has 5 rings (SSSR count). The Balaban J connectivity index is 1.59. The van der Waals surface area contributed by atoms with E-state index in [1.165, 1.54) is 11.3 Å². The van der Waals surface area contributed by atoms with Crippen LogP contribution in [-0.4, -0.2) is 21.1 Å². The van der Waals surface area contributed by atoms with Gasteiger partial charge in [-0.3, -0.25) is 9.97 Å². The molecule has 1 aliphatic heterocycles. The van der Waals surface area contributed by atoms with Gasteiger partial charge >= 0.3 is 0 Å². The number of hydrogen-bond donors (Lipinski definition) is 1. The fraction of sp³-hybridized carbons (Fsp3) is 0.136. The van der Waals surface area contributed by atoms with E-state index in [4.69, 9.17) is 12.2 Å². The lowest BCUT2D eigenvalue weighted by Crippen LogP contribution is -2.38. The summed E-state index contributed by atoms with van der Waals surface area (Å²) in [5.41, 5.74) is 5.23. The molecule has 2 aromatic carbocycles. The molecule has 0 unspecified atom stereocenters. The van der Waals surface area contributed by atoms with Crippen LogP contribution < -0.4 is 10.2 Å². The molecule has 132 valence electrons. The van der Waals surface area contributed by atoms with Crippen molar-refractivity contribution in [2.24, 2.45) is 0 Å². The van der Waals surface area contributed by atoms with E-state index in [9.17, 15) is 0 Å². The fourth-order valence-electron chi connectivity index (χ4n) is 3.95. The maximum Gasteiger partial charge on any atom is 0.178 e. The second kappa shape index (κ2) is 6.28. The van der Waals surface area contributed by atoms with Crippen molar-refractivity contribution in [3.05, 3.63) is 72.6 Å². The molecule has 0 bridgehead atoms. The molecule has 0 radical (unpaired) electrons. The normalized spacial score (nSPS) is 15.9.